The Labute approximate surface area is 126 Å². The van der Waals surface area contributed by atoms with Gasteiger partial charge in [0.15, 0.2) is 0 Å². The van der Waals surface area contributed by atoms with Gasteiger partial charge in [-0.05, 0) is 40.2 Å². The summed E-state index contributed by atoms with van der Waals surface area (Å²) in [6, 6.07) is 7.09. The van der Waals surface area contributed by atoms with Crippen LogP contribution >= 0.6 is 0 Å². The number of aliphatic hydroxyl groups is 1. The number of aliphatic hydroxyl groups excluding tert-OH is 1. The van der Waals surface area contributed by atoms with Crippen LogP contribution in [0.5, 0.6) is 0 Å². The molecule has 0 aliphatic heterocycles. The predicted octanol–water partition coefficient (Wildman–Crippen LogP) is 2.87. The van der Waals surface area contributed by atoms with Crippen LogP contribution in [0.25, 0.3) is 0 Å². The zero-order valence-electron chi connectivity index (χ0n) is 13.6. The predicted molar refractivity (Wildman–Crippen MR) is 82.4 cm³/mol. The lowest BCUT2D eigenvalue weighted by atomic mass is 9.94. The summed E-state index contributed by atoms with van der Waals surface area (Å²) in [7, 11) is 1.00. The first-order valence-corrected chi connectivity index (χ1v) is 6.66. The van der Waals surface area contributed by atoms with Crippen LogP contribution in [0.2, 0.25) is 0 Å². The van der Waals surface area contributed by atoms with Crippen molar-refractivity contribution in [3.63, 3.8) is 0 Å². The van der Waals surface area contributed by atoms with Crippen LogP contribution in [0, 0.1) is 0 Å². The molecular weight excluding hydrogens is 270 g/mol. The summed E-state index contributed by atoms with van der Waals surface area (Å²) in [4.78, 5) is 22.4. The van der Waals surface area contributed by atoms with Gasteiger partial charge in [0.05, 0.1) is 5.54 Å². The largest absolute Gasteiger partial charge is 0.444 e. The Balaban J connectivity index is 0.00000191. The number of hydrogen-bond acceptors (Lipinski definition) is 4. The normalized spacial score (nSPS) is 11.0. The minimum atomic E-state index is -0.566. The van der Waals surface area contributed by atoms with Gasteiger partial charge >= 0.3 is 6.09 Å². The number of benzene rings is 1. The summed E-state index contributed by atoms with van der Waals surface area (Å²) in [5.41, 5.74) is 0.423. The number of rotatable bonds is 3. The van der Waals surface area contributed by atoms with Gasteiger partial charge in [0.1, 0.15) is 11.9 Å². The van der Waals surface area contributed by atoms with E-state index in [1.165, 1.54) is 0 Å². The summed E-state index contributed by atoms with van der Waals surface area (Å²) >= 11 is 0. The maximum absolute atomic E-state index is 11.8. The first kappa shape index (κ1) is 19.1. The fourth-order valence-electron chi connectivity index (χ4n) is 1.61. The van der Waals surface area contributed by atoms with Crippen LogP contribution in [-0.2, 0) is 10.3 Å². The summed E-state index contributed by atoms with van der Waals surface area (Å²) in [6.45, 7) is 9.22. The fourth-order valence-corrected chi connectivity index (χ4v) is 1.61. The molecule has 0 aliphatic rings. The molecular formula is C16H25NO4. The van der Waals surface area contributed by atoms with Crippen molar-refractivity contribution in [2.75, 3.05) is 7.11 Å². The van der Waals surface area contributed by atoms with E-state index >= 15 is 0 Å². The highest BCUT2D eigenvalue weighted by Gasteiger charge is 2.26. The van der Waals surface area contributed by atoms with Gasteiger partial charge in [-0.25, -0.2) is 4.79 Å². The number of hydrogen-bond donors (Lipinski definition) is 2. The van der Waals surface area contributed by atoms with Gasteiger partial charge in [-0.15, -0.1) is 0 Å². The molecule has 0 atom stereocenters. The molecule has 5 heteroatoms. The molecule has 0 radical (unpaired) electrons. The molecule has 118 valence electrons. The number of nitrogens with one attached hydrogen (secondary N) is 1. The Morgan fingerprint density at radius 3 is 1.95 bits per heavy atom. The third-order valence-corrected chi connectivity index (χ3v) is 2.58. The maximum Gasteiger partial charge on any atom is 0.408 e. The molecule has 0 bridgehead atoms. The monoisotopic (exact) mass is 295 g/mol. The number of amides is 1. The fraction of sp³-hybridized carbons (Fsp3) is 0.500. The standard InChI is InChI=1S/C15H21NO3.CH4O/c1-14(2,3)19-13(18)16-15(4,5)12-8-6-11(10-17)7-9-12;1-2/h6-10H,1-5H3,(H,16,18);2H,1H3. The average Bonchev–Trinajstić information content (AvgIpc) is 2.38. The van der Waals surface area contributed by atoms with E-state index in [9.17, 15) is 9.59 Å². The van der Waals surface area contributed by atoms with E-state index in [1.807, 2.05) is 46.8 Å². The number of aldehydes is 1. The number of carbonyl (C=O) groups is 2. The minimum Gasteiger partial charge on any atom is -0.444 e. The van der Waals surface area contributed by atoms with Crippen LogP contribution in [0.3, 0.4) is 0 Å². The Kier molecular flexibility index (Phi) is 7.09. The second kappa shape index (κ2) is 7.78. The van der Waals surface area contributed by atoms with Crippen molar-refractivity contribution in [3.8, 4) is 0 Å². The molecule has 1 amide bonds. The van der Waals surface area contributed by atoms with Gasteiger partial charge < -0.3 is 15.2 Å². The van der Waals surface area contributed by atoms with Crippen molar-refractivity contribution in [1.29, 1.82) is 0 Å². The van der Waals surface area contributed by atoms with E-state index in [4.69, 9.17) is 9.84 Å². The summed E-state index contributed by atoms with van der Waals surface area (Å²) in [5, 5.41) is 9.82. The lowest BCUT2D eigenvalue weighted by Gasteiger charge is -2.29. The molecule has 21 heavy (non-hydrogen) atoms. The van der Waals surface area contributed by atoms with E-state index in [2.05, 4.69) is 5.32 Å². The zero-order valence-corrected chi connectivity index (χ0v) is 13.6. The number of carbonyl (C=O) groups excluding carboxylic acids is 2. The molecule has 0 saturated carbocycles. The number of ether oxygens (including phenoxy) is 1. The molecule has 0 unspecified atom stereocenters. The summed E-state index contributed by atoms with van der Waals surface area (Å²) in [5.74, 6) is 0. The first-order chi connectivity index (χ1) is 9.64. The molecule has 2 N–H and O–H groups in total. The van der Waals surface area contributed by atoms with Gasteiger partial charge in [-0.1, -0.05) is 24.3 Å². The molecule has 0 heterocycles. The lowest BCUT2D eigenvalue weighted by molar-refractivity contribution is 0.0470. The van der Waals surface area contributed by atoms with Crippen molar-refractivity contribution in [1.82, 2.24) is 5.32 Å². The molecule has 0 saturated heterocycles. The van der Waals surface area contributed by atoms with Crippen LogP contribution in [0.4, 0.5) is 4.79 Å². The second-order valence-corrected chi connectivity index (χ2v) is 5.99. The Morgan fingerprint density at radius 2 is 1.57 bits per heavy atom. The molecule has 1 aromatic carbocycles. The molecule has 0 fully saturated rings. The maximum atomic E-state index is 11.8. The highest BCUT2D eigenvalue weighted by Crippen LogP contribution is 2.21. The minimum absolute atomic E-state index is 0.461. The van der Waals surface area contributed by atoms with Crippen molar-refractivity contribution >= 4 is 12.4 Å². The quantitative estimate of drug-likeness (QED) is 0.841. The van der Waals surface area contributed by atoms with Crippen molar-refractivity contribution < 1.29 is 19.4 Å². The van der Waals surface area contributed by atoms with Gasteiger partial charge in [0, 0.05) is 12.7 Å². The molecule has 0 spiro atoms. The van der Waals surface area contributed by atoms with Crippen LogP contribution in [0.15, 0.2) is 24.3 Å². The second-order valence-electron chi connectivity index (χ2n) is 5.99. The van der Waals surface area contributed by atoms with E-state index in [-0.39, 0.29) is 0 Å². The topological polar surface area (TPSA) is 75.6 Å². The van der Waals surface area contributed by atoms with Gasteiger partial charge in [0.25, 0.3) is 0 Å². The first-order valence-electron chi connectivity index (χ1n) is 6.66. The highest BCUT2D eigenvalue weighted by atomic mass is 16.6. The van der Waals surface area contributed by atoms with E-state index in [0.29, 0.717) is 5.56 Å². The Morgan fingerprint density at radius 1 is 1.10 bits per heavy atom. The molecule has 1 aromatic rings. The van der Waals surface area contributed by atoms with Gasteiger partial charge in [-0.3, -0.25) is 4.79 Å². The van der Waals surface area contributed by atoms with Crippen LogP contribution in [0.1, 0.15) is 50.5 Å². The van der Waals surface area contributed by atoms with Gasteiger partial charge in [0.2, 0.25) is 0 Å². The molecule has 1 rings (SSSR count). The SMILES string of the molecule is CC(C)(C)OC(=O)NC(C)(C)c1ccc(C=O)cc1.CO. The van der Waals surface area contributed by atoms with E-state index in [1.54, 1.807) is 12.1 Å². The van der Waals surface area contributed by atoms with E-state index < -0.39 is 17.2 Å². The average molecular weight is 295 g/mol. The Hall–Kier alpha value is -1.88. The molecule has 5 nitrogen and oxygen atoms in total. The Bertz CT molecular complexity index is 458. The smallest absolute Gasteiger partial charge is 0.408 e. The van der Waals surface area contributed by atoms with Crippen molar-refractivity contribution in [2.24, 2.45) is 0 Å². The summed E-state index contributed by atoms with van der Waals surface area (Å²) < 4.78 is 5.23. The number of alkyl carbamates (subject to hydrolysis) is 1. The highest BCUT2D eigenvalue weighted by molar-refractivity contribution is 5.75. The van der Waals surface area contributed by atoms with E-state index in [0.717, 1.165) is 19.0 Å². The van der Waals surface area contributed by atoms with Crippen molar-refractivity contribution in [2.45, 2.75) is 45.8 Å². The van der Waals surface area contributed by atoms with Crippen LogP contribution in [-0.4, -0.2) is 30.2 Å². The van der Waals surface area contributed by atoms with Gasteiger partial charge in [-0.2, -0.15) is 0 Å². The lowest BCUT2D eigenvalue weighted by Crippen LogP contribution is -2.43. The third-order valence-electron chi connectivity index (χ3n) is 2.58. The van der Waals surface area contributed by atoms with Crippen LogP contribution < -0.4 is 5.32 Å². The van der Waals surface area contributed by atoms with Crippen molar-refractivity contribution in [3.05, 3.63) is 35.4 Å². The zero-order chi connectivity index (χ0) is 16.7. The summed E-state index contributed by atoms with van der Waals surface area (Å²) in [6.07, 6.45) is 0.329. The third kappa shape index (κ3) is 6.90. The molecule has 0 aliphatic carbocycles. The molecule has 0 aromatic heterocycles.